The van der Waals surface area contributed by atoms with Gasteiger partial charge in [-0.15, -0.1) is 0 Å². The minimum atomic E-state index is -0.330. The van der Waals surface area contributed by atoms with Gasteiger partial charge >= 0.3 is 0 Å². The van der Waals surface area contributed by atoms with Gasteiger partial charge in [0.2, 0.25) is 0 Å². The van der Waals surface area contributed by atoms with Crippen molar-refractivity contribution in [2.75, 3.05) is 0 Å². The fraction of sp³-hybridized carbons (Fsp3) is 0.0714. The maximum absolute atomic E-state index is 9.71. The van der Waals surface area contributed by atoms with E-state index in [-0.39, 0.29) is 18.0 Å². The lowest BCUT2D eigenvalue weighted by Crippen LogP contribution is -2.26. The van der Waals surface area contributed by atoms with Gasteiger partial charge in [0.05, 0.1) is 0 Å². The van der Waals surface area contributed by atoms with E-state index in [1.54, 1.807) is 12.1 Å². The summed E-state index contributed by atoms with van der Waals surface area (Å²) in [5.74, 6) is 1.66. The number of phenols is 1. The van der Waals surface area contributed by atoms with Crippen LogP contribution in [0.4, 0.5) is 0 Å². The normalized spacial score (nSPS) is 17.5. The average Bonchev–Trinajstić information content (AvgIpc) is 2.83. The molecule has 3 heteroatoms. The number of hydrogen-bond donors (Lipinski definition) is 1. The fourth-order valence-corrected chi connectivity index (χ4v) is 3.76. The molecule has 5 rings (SSSR count). The van der Waals surface area contributed by atoms with Gasteiger partial charge in [-0.2, -0.15) is 0 Å². The zero-order valence-electron chi connectivity index (χ0n) is 16.9. The van der Waals surface area contributed by atoms with Crippen LogP contribution in [0.25, 0.3) is 12.2 Å². The minimum absolute atomic E-state index is 0.227. The first-order valence-corrected chi connectivity index (χ1v) is 10.3. The molecule has 0 saturated heterocycles. The van der Waals surface area contributed by atoms with Gasteiger partial charge in [0, 0.05) is 0 Å². The molecule has 0 amide bonds. The van der Waals surface area contributed by atoms with Crippen LogP contribution in [0.1, 0.15) is 34.5 Å². The summed E-state index contributed by atoms with van der Waals surface area (Å²) in [6.45, 7) is 0. The molecule has 0 aliphatic carbocycles. The summed E-state index contributed by atoms with van der Waals surface area (Å²) < 4.78 is 12.9. The lowest BCUT2D eigenvalue weighted by molar-refractivity contribution is 0.0183. The van der Waals surface area contributed by atoms with Crippen LogP contribution in [-0.4, -0.2) is 5.11 Å². The maximum atomic E-state index is 9.71. The van der Waals surface area contributed by atoms with Crippen molar-refractivity contribution in [3.05, 3.63) is 125 Å². The Balaban J connectivity index is 1.49. The Hall–Kier alpha value is -3.98. The van der Waals surface area contributed by atoms with Crippen molar-refractivity contribution in [2.24, 2.45) is 0 Å². The number of phenolic OH excluding ortho intramolecular Hbond substituents is 1. The minimum Gasteiger partial charge on any atom is -0.508 e. The molecule has 0 fully saturated rings. The summed E-state index contributed by atoms with van der Waals surface area (Å²) in [5, 5.41) is 9.71. The zero-order valence-corrected chi connectivity index (χ0v) is 16.9. The molecule has 1 aliphatic rings. The van der Waals surface area contributed by atoms with Crippen LogP contribution in [0.2, 0.25) is 0 Å². The molecule has 0 saturated carbocycles. The smallest absolute Gasteiger partial charge is 0.165 e. The van der Waals surface area contributed by atoms with E-state index < -0.39 is 0 Å². The van der Waals surface area contributed by atoms with Crippen molar-refractivity contribution in [3.8, 4) is 17.2 Å². The predicted molar refractivity (Wildman–Crippen MR) is 123 cm³/mol. The van der Waals surface area contributed by atoms with Crippen LogP contribution in [0.15, 0.2) is 103 Å². The van der Waals surface area contributed by atoms with Crippen molar-refractivity contribution in [1.29, 1.82) is 0 Å². The van der Waals surface area contributed by atoms with Crippen LogP contribution in [0.5, 0.6) is 17.2 Å². The van der Waals surface area contributed by atoms with Gasteiger partial charge in [-0.05, 0) is 46.5 Å². The van der Waals surface area contributed by atoms with Crippen LogP contribution in [0.3, 0.4) is 0 Å². The van der Waals surface area contributed by atoms with E-state index in [9.17, 15) is 5.11 Å². The van der Waals surface area contributed by atoms with Crippen molar-refractivity contribution in [3.63, 3.8) is 0 Å². The number of benzene rings is 4. The molecule has 0 aromatic heterocycles. The molecular formula is C28H22O3. The van der Waals surface area contributed by atoms with E-state index >= 15 is 0 Å². The van der Waals surface area contributed by atoms with Crippen LogP contribution in [0, 0.1) is 0 Å². The molecule has 0 spiro atoms. The molecule has 2 unspecified atom stereocenters. The van der Waals surface area contributed by atoms with Gasteiger partial charge in [0.1, 0.15) is 5.75 Å². The predicted octanol–water partition coefficient (Wildman–Crippen LogP) is 6.82. The fourth-order valence-electron chi connectivity index (χ4n) is 3.76. The summed E-state index contributed by atoms with van der Waals surface area (Å²) in [5.41, 5.74) is 4.17. The number of fused-ring (bicyclic) bond motifs is 1. The molecule has 2 atom stereocenters. The van der Waals surface area contributed by atoms with E-state index in [1.165, 1.54) is 0 Å². The van der Waals surface area contributed by atoms with E-state index in [1.807, 2.05) is 78.9 Å². The highest BCUT2D eigenvalue weighted by Crippen LogP contribution is 2.46. The summed E-state index contributed by atoms with van der Waals surface area (Å²) in [6, 6.07) is 33.4. The molecule has 31 heavy (non-hydrogen) atoms. The molecule has 1 N–H and O–H groups in total. The summed E-state index contributed by atoms with van der Waals surface area (Å²) >= 11 is 0. The first-order valence-electron chi connectivity index (χ1n) is 10.3. The van der Waals surface area contributed by atoms with Crippen molar-refractivity contribution < 1.29 is 14.6 Å². The van der Waals surface area contributed by atoms with Crippen molar-refractivity contribution in [1.82, 2.24) is 0 Å². The van der Waals surface area contributed by atoms with Gasteiger partial charge in [0.15, 0.2) is 23.7 Å². The Kier molecular flexibility index (Phi) is 5.16. The Morgan fingerprint density at radius 3 is 1.84 bits per heavy atom. The third kappa shape index (κ3) is 4.17. The van der Waals surface area contributed by atoms with Gasteiger partial charge in [-0.1, -0.05) is 91.0 Å². The van der Waals surface area contributed by atoms with E-state index in [2.05, 4.69) is 24.3 Å². The molecule has 0 radical (unpaired) electrons. The second-order valence-corrected chi connectivity index (χ2v) is 7.53. The Bertz CT molecular complexity index is 1180. The molecular weight excluding hydrogens is 384 g/mol. The molecule has 152 valence electrons. The maximum Gasteiger partial charge on any atom is 0.165 e. The monoisotopic (exact) mass is 406 g/mol. The molecule has 4 aromatic rings. The first-order chi connectivity index (χ1) is 15.3. The summed E-state index contributed by atoms with van der Waals surface area (Å²) in [6.07, 6.45) is 3.53. The highest BCUT2D eigenvalue weighted by Gasteiger charge is 2.34. The molecule has 1 aliphatic heterocycles. The largest absolute Gasteiger partial charge is 0.508 e. The lowest BCUT2D eigenvalue weighted by atomic mass is 9.96. The summed E-state index contributed by atoms with van der Waals surface area (Å²) in [7, 11) is 0. The highest BCUT2D eigenvalue weighted by molar-refractivity contribution is 5.71. The molecule has 4 aromatic carbocycles. The first kappa shape index (κ1) is 19.0. The number of hydrogen-bond acceptors (Lipinski definition) is 3. The molecule has 0 bridgehead atoms. The third-order valence-corrected chi connectivity index (χ3v) is 5.37. The van der Waals surface area contributed by atoms with Gasteiger partial charge in [-0.25, -0.2) is 0 Å². The summed E-state index contributed by atoms with van der Waals surface area (Å²) in [4.78, 5) is 0. The highest BCUT2D eigenvalue weighted by atomic mass is 16.6. The van der Waals surface area contributed by atoms with Crippen LogP contribution in [-0.2, 0) is 0 Å². The Labute approximate surface area is 181 Å². The van der Waals surface area contributed by atoms with Crippen molar-refractivity contribution in [2.45, 2.75) is 12.2 Å². The second kappa shape index (κ2) is 8.41. The Morgan fingerprint density at radius 1 is 0.548 bits per heavy atom. The van der Waals surface area contributed by atoms with Crippen LogP contribution >= 0.6 is 0 Å². The SMILES string of the molecule is Oc1ccc(C2Oc3cc(/C=C/c4ccccc4)ccc3OC2c2ccccc2)cc1. The number of rotatable bonds is 4. The lowest BCUT2D eigenvalue weighted by Gasteiger charge is -2.34. The van der Waals surface area contributed by atoms with E-state index in [4.69, 9.17) is 9.47 Å². The number of aromatic hydroxyl groups is 1. The standard InChI is InChI=1S/C28H22O3/c29-24-16-14-23(15-17-24)28-27(22-9-5-2-6-10-22)30-25-18-13-21(19-26(25)31-28)12-11-20-7-3-1-4-8-20/h1-19,27-29H/b12-11+. The van der Waals surface area contributed by atoms with Crippen molar-refractivity contribution >= 4 is 12.2 Å². The molecule has 1 heterocycles. The van der Waals surface area contributed by atoms with Gasteiger partial charge < -0.3 is 14.6 Å². The average molecular weight is 406 g/mol. The quantitative estimate of drug-likeness (QED) is 0.378. The van der Waals surface area contributed by atoms with Crippen LogP contribution < -0.4 is 9.47 Å². The van der Waals surface area contributed by atoms with E-state index in [0.29, 0.717) is 5.75 Å². The Morgan fingerprint density at radius 2 is 1.13 bits per heavy atom. The van der Waals surface area contributed by atoms with Gasteiger partial charge in [-0.3, -0.25) is 0 Å². The van der Waals surface area contributed by atoms with Gasteiger partial charge in [0.25, 0.3) is 0 Å². The third-order valence-electron chi connectivity index (χ3n) is 5.37. The zero-order chi connectivity index (χ0) is 21.0. The topological polar surface area (TPSA) is 38.7 Å². The van der Waals surface area contributed by atoms with E-state index in [0.717, 1.165) is 28.0 Å². The second-order valence-electron chi connectivity index (χ2n) is 7.53. The number of ether oxygens (including phenoxy) is 2. The molecule has 3 nitrogen and oxygen atoms in total.